The molecule has 0 saturated carbocycles. The van der Waals surface area contributed by atoms with Crippen LogP contribution in [0.15, 0.2) is 23.0 Å². The Labute approximate surface area is 86.6 Å². The van der Waals surface area contributed by atoms with Crippen LogP contribution >= 0.6 is 0 Å². The first-order valence-corrected chi connectivity index (χ1v) is 4.47. The number of hydrogen-bond donors (Lipinski definition) is 2. The highest BCUT2D eigenvalue weighted by atomic mass is 16.4. The number of nitrogens with two attached hydrogens (primary N) is 1. The number of oxazole rings is 1. The zero-order chi connectivity index (χ0) is 10.7. The van der Waals surface area contributed by atoms with Gasteiger partial charge in [0.05, 0.1) is 25.1 Å². The molecule has 2 aromatic rings. The van der Waals surface area contributed by atoms with E-state index in [-0.39, 0.29) is 0 Å². The van der Waals surface area contributed by atoms with Crippen LogP contribution in [0.25, 0.3) is 0 Å². The first-order chi connectivity index (χ1) is 7.24. The number of anilines is 2. The minimum atomic E-state index is 0.396. The Morgan fingerprint density at radius 1 is 1.27 bits per heavy atom. The zero-order valence-electron chi connectivity index (χ0n) is 8.27. The monoisotopic (exact) mass is 205 g/mol. The zero-order valence-corrected chi connectivity index (χ0v) is 8.27. The minimum Gasteiger partial charge on any atom is -0.444 e. The molecule has 0 aliphatic rings. The van der Waals surface area contributed by atoms with E-state index in [1.165, 1.54) is 6.20 Å². The summed E-state index contributed by atoms with van der Waals surface area (Å²) in [5.41, 5.74) is 5.41. The van der Waals surface area contributed by atoms with Crippen molar-refractivity contribution in [3.63, 3.8) is 0 Å². The molecule has 0 atom stereocenters. The lowest BCUT2D eigenvalue weighted by molar-refractivity contribution is 0.479. The highest BCUT2D eigenvalue weighted by Gasteiger charge is 2.00. The van der Waals surface area contributed by atoms with Crippen molar-refractivity contribution in [1.82, 2.24) is 15.0 Å². The fraction of sp³-hybridized carbons (Fsp3) is 0.222. The normalized spacial score (nSPS) is 10.2. The van der Waals surface area contributed by atoms with E-state index in [1.54, 1.807) is 12.4 Å². The number of aromatic nitrogens is 3. The van der Waals surface area contributed by atoms with Crippen LogP contribution in [0, 0.1) is 6.92 Å². The second-order valence-electron chi connectivity index (χ2n) is 3.04. The number of nitrogen functional groups attached to an aromatic ring is 1. The number of nitrogens with zero attached hydrogens (tertiary/aromatic N) is 3. The lowest BCUT2D eigenvalue weighted by atomic mass is 10.5. The van der Waals surface area contributed by atoms with Crippen molar-refractivity contribution in [2.75, 3.05) is 11.1 Å². The standard InChI is InChI=1S/C9H11N5O/c1-6-2-14-9(15-6)5-13-8-4-11-7(10)3-12-8/h2-4H,5H2,1H3,(H2,10,11)(H,12,13). The third kappa shape index (κ3) is 2.43. The fourth-order valence-corrected chi connectivity index (χ4v) is 1.08. The molecule has 6 nitrogen and oxygen atoms in total. The van der Waals surface area contributed by atoms with E-state index >= 15 is 0 Å². The smallest absolute Gasteiger partial charge is 0.213 e. The molecule has 0 spiro atoms. The summed E-state index contributed by atoms with van der Waals surface area (Å²) >= 11 is 0. The van der Waals surface area contributed by atoms with Crippen molar-refractivity contribution < 1.29 is 4.42 Å². The van der Waals surface area contributed by atoms with E-state index < -0.39 is 0 Å². The number of hydrogen-bond acceptors (Lipinski definition) is 6. The lowest BCUT2D eigenvalue weighted by Gasteiger charge is -2.01. The Morgan fingerprint density at radius 2 is 2.13 bits per heavy atom. The summed E-state index contributed by atoms with van der Waals surface area (Å²) in [5, 5.41) is 3.02. The molecule has 0 aliphatic carbocycles. The van der Waals surface area contributed by atoms with Crippen molar-refractivity contribution >= 4 is 11.6 Å². The molecule has 78 valence electrons. The summed E-state index contributed by atoms with van der Waals surface area (Å²) in [4.78, 5) is 12.0. The summed E-state index contributed by atoms with van der Waals surface area (Å²) in [7, 11) is 0. The Morgan fingerprint density at radius 3 is 2.73 bits per heavy atom. The molecule has 2 aromatic heterocycles. The van der Waals surface area contributed by atoms with Crippen LogP contribution in [0.1, 0.15) is 11.7 Å². The van der Waals surface area contributed by atoms with Crippen molar-refractivity contribution in [3.05, 3.63) is 30.2 Å². The molecular formula is C9H11N5O. The van der Waals surface area contributed by atoms with E-state index in [0.717, 1.165) is 5.76 Å². The van der Waals surface area contributed by atoms with E-state index in [4.69, 9.17) is 10.2 Å². The van der Waals surface area contributed by atoms with Gasteiger partial charge >= 0.3 is 0 Å². The van der Waals surface area contributed by atoms with Crippen LogP contribution in [0.3, 0.4) is 0 Å². The van der Waals surface area contributed by atoms with Gasteiger partial charge in [0.25, 0.3) is 0 Å². The molecule has 0 fully saturated rings. The molecule has 2 heterocycles. The number of aryl methyl sites for hydroxylation is 1. The lowest BCUT2D eigenvalue weighted by Crippen LogP contribution is -2.02. The third-order valence-corrected chi connectivity index (χ3v) is 1.76. The summed E-state index contributed by atoms with van der Waals surface area (Å²) in [6.07, 6.45) is 4.72. The minimum absolute atomic E-state index is 0.396. The summed E-state index contributed by atoms with van der Waals surface area (Å²) < 4.78 is 5.28. The summed E-state index contributed by atoms with van der Waals surface area (Å²) in [5.74, 6) is 2.44. The number of nitrogens with one attached hydrogen (secondary N) is 1. The van der Waals surface area contributed by atoms with Gasteiger partial charge in [-0.1, -0.05) is 0 Å². The van der Waals surface area contributed by atoms with Crippen molar-refractivity contribution in [2.45, 2.75) is 13.5 Å². The molecule has 0 saturated heterocycles. The van der Waals surface area contributed by atoms with Crippen LogP contribution in [-0.2, 0) is 6.54 Å². The van der Waals surface area contributed by atoms with Crippen LogP contribution in [0.4, 0.5) is 11.6 Å². The quantitative estimate of drug-likeness (QED) is 0.775. The summed E-state index contributed by atoms with van der Waals surface area (Å²) in [6.45, 7) is 2.33. The van der Waals surface area contributed by atoms with Crippen molar-refractivity contribution in [2.24, 2.45) is 0 Å². The fourth-order valence-electron chi connectivity index (χ4n) is 1.08. The predicted octanol–water partition coefficient (Wildman–Crippen LogP) is 0.967. The maximum Gasteiger partial charge on any atom is 0.213 e. The Bertz CT molecular complexity index is 436. The molecule has 3 N–H and O–H groups in total. The highest BCUT2D eigenvalue weighted by molar-refractivity contribution is 5.35. The molecule has 0 aliphatic heterocycles. The SMILES string of the molecule is Cc1cnc(CNc2cnc(N)cn2)o1. The predicted molar refractivity (Wildman–Crippen MR) is 55.0 cm³/mol. The van der Waals surface area contributed by atoms with Crippen molar-refractivity contribution in [3.8, 4) is 0 Å². The average molecular weight is 205 g/mol. The van der Waals surface area contributed by atoms with Gasteiger partial charge in [0.15, 0.2) is 0 Å². The maximum absolute atomic E-state index is 5.41. The largest absolute Gasteiger partial charge is 0.444 e. The van der Waals surface area contributed by atoms with Crippen molar-refractivity contribution in [1.29, 1.82) is 0 Å². The molecule has 0 amide bonds. The first kappa shape index (κ1) is 9.45. The van der Waals surface area contributed by atoms with E-state index in [2.05, 4.69) is 20.3 Å². The van der Waals surface area contributed by atoms with Crippen LogP contribution < -0.4 is 11.1 Å². The maximum atomic E-state index is 5.41. The molecule has 2 rings (SSSR count). The molecular weight excluding hydrogens is 194 g/mol. The van der Waals surface area contributed by atoms with E-state index in [1.807, 2.05) is 6.92 Å². The Hall–Kier alpha value is -2.11. The average Bonchev–Trinajstić information content (AvgIpc) is 2.64. The topological polar surface area (TPSA) is 89.9 Å². The van der Waals surface area contributed by atoms with Gasteiger partial charge in [0, 0.05) is 0 Å². The van der Waals surface area contributed by atoms with Gasteiger partial charge < -0.3 is 15.5 Å². The second kappa shape index (κ2) is 3.95. The molecule has 0 radical (unpaired) electrons. The van der Waals surface area contributed by atoms with Gasteiger partial charge in [0.2, 0.25) is 5.89 Å². The Kier molecular flexibility index (Phi) is 2.49. The Balaban J connectivity index is 1.96. The van der Waals surface area contributed by atoms with Crippen LogP contribution in [0.2, 0.25) is 0 Å². The van der Waals surface area contributed by atoms with E-state index in [9.17, 15) is 0 Å². The van der Waals surface area contributed by atoms with Gasteiger partial charge in [-0.15, -0.1) is 0 Å². The second-order valence-corrected chi connectivity index (χ2v) is 3.04. The number of rotatable bonds is 3. The van der Waals surface area contributed by atoms with Crippen LogP contribution in [-0.4, -0.2) is 15.0 Å². The molecule has 0 aromatic carbocycles. The van der Waals surface area contributed by atoms with Gasteiger partial charge in [-0.3, -0.25) is 0 Å². The highest BCUT2D eigenvalue weighted by Crippen LogP contribution is 2.06. The van der Waals surface area contributed by atoms with E-state index in [0.29, 0.717) is 24.1 Å². The molecule has 15 heavy (non-hydrogen) atoms. The van der Waals surface area contributed by atoms with Gasteiger partial charge in [-0.05, 0) is 6.92 Å². The summed E-state index contributed by atoms with van der Waals surface area (Å²) in [6, 6.07) is 0. The van der Waals surface area contributed by atoms with Gasteiger partial charge in [-0.2, -0.15) is 0 Å². The van der Waals surface area contributed by atoms with Crippen LogP contribution in [0.5, 0.6) is 0 Å². The molecule has 0 unspecified atom stereocenters. The molecule has 6 heteroatoms. The first-order valence-electron chi connectivity index (χ1n) is 4.47. The van der Waals surface area contributed by atoms with Gasteiger partial charge in [0.1, 0.15) is 17.4 Å². The third-order valence-electron chi connectivity index (χ3n) is 1.76. The molecule has 0 bridgehead atoms. The van der Waals surface area contributed by atoms with Gasteiger partial charge in [-0.25, -0.2) is 15.0 Å².